The molecule has 0 aromatic rings. The molecular formula is C35H59NO6. The van der Waals surface area contributed by atoms with Gasteiger partial charge in [0.2, 0.25) is 0 Å². The number of hydrogen-bond acceptors (Lipinski definition) is 7. The van der Waals surface area contributed by atoms with Crippen LogP contribution in [0.1, 0.15) is 99.8 Å². The molecule has 0 aromatic heterocycles. The zero-order valence-corrected chi connectivity index (χ0v) is 27.6. The highest BCUT2D eigenvalue weighted by Crippen LogP contribution is 2.89. The van der Waals surface area contributed by atoms with E-state index in [0.717, 1.165) is 32.5 Å². The predicted octanol–water partition coefficient (Wildman–Crippen LogP) is 4.92. The van der Waals surface area contributed by atoms with E-state index in [1.54, 1.807) is 7.11 Å². The van der Waals surface area contributed by atoms with Crippen LogP contribution in [-0.2, 0) is 18.9 Å². The molecule has 7 aliphatic rings. The first kappa shape index (κ1) is 30.4. The molecule has 7 nitrogen and oxygen atoms in total. The fraction of sp³-hybridized carbons (Fsp3) is 1.00. The maximum Gasteiger partial charge on any atom is 0.170 e. The van der Waals surface area contributed by atoms with E-state index in [2.05, 4.69) is 39.9 Å². The van der Waals surface area contributed by atoms with Crippen molar-refractivity contribution in [2.45, 2.75) is 142 Å². The number of methoxy groups -OCH3 is 1. The van der Waals surface area contributed by atoms with Crippen LogP contribution in [0.2, 0.25) is 0 Å². The molecule has 5 aliphatic carbocycles. The Morgan fingerprint density at radius 2 is 1.71 bits per heavy atom. The van der Waals surface area contributed by atoms with Gasteiger partial charge in [0.25, 0.3) is 0 Å². The second kappa shape index (κ2) is 9.62. The van der Waals surface area contributed by atoms with Gasteiger partial charge in [-0.2, -0.15) is 0 Å². The largest absolute Gasteiger partial charge is 0.390 e. The summed E-state index contributed by atoms with van der Waals surface area (Å²) in [5.74, 6) is 1.89. The predicted molar refractivity (Wildman–Crippen MR) is 161 cm³/mol. The van der Waals surface area contributed by atoms with Crippen molar-refractivity contribution in [2.24, 2.45) is 50.7 Å². The van der Waals surface area contributed by atoms with Crippen molar-refractivity contribution in [2.75, 3.05) is 26.8 Å². The Morgan fingerprint density at radius 3 is 2.38 bits per heavy atom. The monoisotopic (exact) mass is 589 g/mol. The van der Waals surface area contributed by atoms with Crippen molar-refractivity contribution in [3.8, 4) is 0 Å². The first-order valence-electron chi connectivity index (χ1n) is 17.2. The quantitative estimate of drug-likeness (QED) is 0.420. The number of fused-ring (bicyclic) bond motifs is 4. The zero-order chi connectivity index (χ0) is 30.1. The molecule has 2 aliphatic heterocycles. The Morgan fingerprint density at radius 1 is 1.00 bits per heavy atom. The van der Waals surface area contributed by atoms with Crippen molar-refractivity contribution >= 4 is 0 Å². The van der Waals surface area contributed by atoms with Gasteiger partial charge >= 0.3 is 0 Å². The number of rotatable bonds is 5. The summed E-state index contributed by atoms with van der Waals surface area (Å²) in [5.41, 5.74) is -0.349. The first-order valence-corrected chi connectivity index (χ1v) is 17.2. The summed E-state index contributed by atoms with van der Waals surface area (Å²) in [5, 5.41) is 26.8. The maximum absolute atomic E-state index is 12.5. The molecule has 240 valence electrons. The Hall–Kier alpha value is -0.280. The topological polar surface area (TPSA) is 89.4 Å². The Balaban J connectivity index is 1.16. The van der Waals surface area contributed by atoms with E-state index in [1.165, 1.54) is 38.5 Å². The number of ether oxygens (including phenoxy) is 4. The van der Waals surface area contributed by atoms with Gasteiger partial charge in [0, 0.05) is 25.6 Å². The molecule has 0 bridgehead atoms. The number of aliphatic hydroxyl groups excluding tert-OH is 1. The molecular weight excluding hydrogens is 530 g/mol. The van der Waals surface area contributed by atoms with Crippen molar-refractivity contribution < 1.29 is 29.2 Å². The number of hydrogen-bond donors (Lipinski definition) is 3. The summed E-state index contributed by atoms with van der Waals surface area (Å²) >= 11 is 0. The van der Waals surface area contributed by atoms with Crippen LogP contribution in [0.15, 0.2) is 0 Å². The van der Waals surface area contributed by atoms with Gasteiger partial charge in [0.1, 0.15) is 6.10 Å². The van der Waals surface area contributed by atoms with Gasteiger partial charge in [-0.05, 0) is 111 Å². The second-order valence-corrected chi connectivity index (χ2v) is 17.5. The molecule has 0 aromatic carbocycles. The van der Waals surface area contributed by atoms with Crippen LogP contribution >= 0.6 is 0 Å². The van der Waals surface area contributed by atoms with Gasteiger partial charge in [-0.1, -0.05) is 34.6 Å². The summed E-state index contributed by atoms with van der Waals surface area (Å²) in [4.78, 5) is 0. The second-order valence-electron chi connectivity index (χ2n) is 17.5. The summed E-state index contributed by atoms with van der Waals surface area (Å²) in [7, 11) is 1.67. The molecule has 5 saturated carbocycles. The summed E-state index contributed by atoms with van der Waals surface area (Å²) in [6.45, 7) is 18.3. The minimum atomic E-state index is -1.01. The molecule has 7 fully saturated rings. The molecule has 0 radical (unpaired) electrons. The highest BCUT2D eigenvalue weighted by Gasteiger charge is 2.84. The molecule has 7 heteroatoms. The van der Waals surface area contributed by atoms with Gasteiger partial charge < -0.3 is 34.5 Å². The molecule has 2 spiro atoms. The fourth-order valence-corrected chi connectivity index (χ4v) is 13.5. The minimum Gasteiger partial charge on any atom is -0.390 e. The highest BCUT2D eigenvalue weighted by molar-refractivity contribution is 5.33. The van der Waals surface area contributed by atoms with Crippen LogP contribution in [0.25, 0.3) is 0 Å². The van der Waals surface area contributed by atoms with Gasteiger partial charge in [0.15, 0.2) is 6.29 Å². The SMILES string of the molecule is CO[C@@H](C1C[C@@H](C)[C@H]2C(O1)[C@H](O)[C@@]1(C)C3CC[C@H]4C(C)(C)[C@@H](O[C@H]5CNCCO5)CC[C@@]45CC35CC[C@]21C)C(C)(C)O. The third kappa shape index (κ3) is 3.77. The lowest BCUT2D eigenvalue weighted by molar-refractivity contribution is -0.237. The van der Waals surface area contributed by atoms with Crippen LogP contribution in [0.3, 0.4) is 0 Å². The summed E-state index contributed by atoms with van der Waals surface area (Å²) in [6, 6.07) is 0. The number of nitrogens with one attached hydrogen (secondary N) is 1. The molecule has 7 rings (SSSR count). The lowest BCUT2D eigenvalue weighted by Crippen LogP contribution is -2.60. The van der Waals surface area contributed by atoms with Gasteiger partial charge in [-0.3, -0.25) is 0 Å². The van der Waals surface area contributed by atoms with Crippen LogP contribution < -0.4 is 5.32 Å². The maximum atomic E-state index is 12.5. The molecule has 2 saturated heterocycles. The molecule has 42 heavy (non-hydrogen) atoms. The first-order chi connectivity index (χ1) is 19.7. The van der Waals surface area contributed by atoms with E-state index in [0.29, 0.717) is 34.5 Å². The van der Waals surface area contributed by atoms with Crippen molar-refractivity contribution in [3.05, 3.63) is 0 Å². The van der Waals surface area contributed by atoms with Crippen molar-refractivity contribution in [3.63, 3.8) is 0 Å². The van der Waals surface area contributed by atoms with Crippen LogP contribution in [0.4, 0.5) is 0 Å². The van der Waals surface area contributed by atoms with Gasteiger partial charge in [-0.25, -0.2) is 0 Å². The molecule has 0 amide bonds. The standard InChI is InChI=1S/C35H59NO6/c1-20-17-21(29(39-8)31(4,5)38)41-27-26(20)32(6)13-14-35-19-34(35)12-11-24(42-25-18-36-15-16-40-25)30(2,3)22(34)9-10-23(35)33(32,7)28(27)37/h20-29,36-38H,9-19H2,1-8H3/t20-,21?,22+,23?,24+,25+,26+,27?,28+,29+,32-,33-,34-,35?/m1/s1. The highest BCUT2D eigenvalue weighted by atomic mass is 16.7. The van der Waals surface area contributed by atoms with E-state index in [9.17, 15) is 10.2 Å². The normalized spacial score (nSPS) is 55.4. The summed E-state index contributed by atoms with van der Waals surface area (Å²) in [6.07, 6.45) is 8.16. The molecule has 4 unspecified atom stereocenters. The average Bonchev–Trinajstić information content (AvgIpc) is 3.55. The average molecular weight is 590 g/mol. The van der Waals surface area contributed by atoms with E-state index in [1.807, 2.05) is 13.8 Å². The third-order valence-corrected chi connectivity index (χ3v) is 15.3. The molecule has 14 atom stereocenters. The van der Waals surface area contributed by atoms with E-state index in [4.69, 9.17) is 18.9 Å². The lowest BCUT2D eigenvalue weighted by Gasteiger charge is -2.64. The van der Waals surface area contributed by atoms with Crippen LogP contribution in [0.5, 0.6) is 0 Å². The molecule has 2 heterocycles. The van der Waals surface area contributed by atoms with E-state index >= 15 is 0 Å². The van der Waals surface area contributed by atoms with Gasteiger partial charge in [0.05, 0.1) is 36.6 Å². The van der Waals surface area contributed by atoms with Crippen LogP contribution in [0, 0.1) is 50.7 Å². The number of morpholine rings is 1. The van der Waals surface area contributed by atoms with Crippen molar-refractivity contribution in [1.82, 2.24) is 5.32 Å². The Bertz CT molecular complexity index is 1050. The fourth-order valence-electron chi connectivity index (χ4n) is 13.5. The Kier molecular flexibility index (Phi) is 6.96. The van der Waals surface area contributed by atoms with Gasteiger partial charge in [-0.15, -0.1) is 0 Å². The zero-order valence-electron chi connectivity index (χ0n) is 27.6. The lowest BCUT2D eigenvalue weighted by atomic mass is 9.41. The smallest absolute Gasteiger partial charge is 0.170 e. The minimum absolute atomic E-state index is 0.0342. The van der Waals surface area contributed by atoms with E-state index in [-0.39, 0.29) is 40.8 Å². The van der Waals surface area contributed by atoms with Crippen LogP contribution in [-0.4, -0.2) is 79.4 Å². The Labute approximate surface area is 254 Å². The molecule has 3 N–H and O–H groups in total. The van der Waals surface area contributed by atoms with Crippen molar-refractivity contribution in [1.29, 1.82) is 0 Å². The summed E-state index contributed by atoms with van der Waals surface area (Å²) < 4.78 is 25.4. The number of aliphatic hydroxyl groups is 2. The third-order valence-electron chi connectivity index (χ3n) is 15.3. The van der Waals surface area contributed by atoms with E-state index < -0.39 is 17.8 Å².